The molecule has 0 aromatic carbocycles. The summed E-state index contributed by atoms with van der Waals surface area (Å²) in [5, 5.41) is 21.6. The number of Topliss-reactive ketones (excluding diaryl/α,β-unsaturated/α-hetero) is 1. The highest BCUT2D eigenvalue weighted by atomic mass is 31.2. The summed E-state index contributed by atoms with van der Waals surface area (Å²) in [6.45, 7) is 0.116. The molecule has 0 spiro atoms. The minimum Gasteiger partial charge on any atom is -0.756 e. The van der Waals surface area contributed by atoms with Crippen LogP contribution in [-0.2, 0) is 13.9 Å². The van der Waals surface area contributed by atoms with Crippen LogP contribution in [0.5, 0.6) is 0 Å². The number of aliphatic hydroxyl groups is 2. The molecule has 0 saturated carbocycles. The summed E-state index contributed by atoms with van der Waals surface area (Å²) in [4.78, 5) is 31.8. The van der Waals surface area contributed by atoms with Crippen molar-refractivity contribution in [2.75, 3.05) is 6.61 Å². The lowest BCUT2D eigenvalue weighted by molar-refractivity contribution is -0.220. The van der Waals surface area contributed by atoms with Crippen LogP contribution in [0.25, 0.3) is 10.4 Å². The van der Waals surface area contributed by atoms with E-state index >= 15 is 0 Å². The van der Waals surface area contributed by atoms with Gasteiger partial charge in [-0.15, -0.1) is 0 Å². The molecule has 3 N–H and O–H groups in total. The molecule has 98 valence electrons. The van der Waals surface area contributed by atoms with E-state index in [4.69, 9.17) is 10.4 Å². The van der Waals surface area contributed by atoms with Crippen LogP contribution in [-0.4, -0.2) is 45.7 Å². The van der Waals surface area contributed by atoms with Gasteiger partial charge in [0.25, 0.3) is 7.82 Å². The van der Waals surface area contributed by atoms with Crippen LogP contribution in [0.4, 0.5) is 0 Å². The second-order valence-electron chi connectivity index (χ2n) is 3.09. The van der Waals surface area contributed by atoms with E-state index in [0.29, 0.717) is 0 Å². The van der Waals surface area contributed by atoms with Gasteiger partial charge in [0.15, 0.2) is 5.78 Å². The number of nitrogens with zero attached hydrogens (tertiary/aromatic N) is 3. The fourth-order valence-corrected chi connectivity index (χ4v) is 1.12. The minimum atomic E-state index is -5.07. The maximum atomic E-state index is 11.1. The lowest BCUT2D eigenvalue weighted by Crippen LogP contribution is -2.41. The monoisotopic (exact) mass is 268 g/mol. The van der Waals surface area contributed by atoms with E-state index in [1.165, 1.54) is 6.92 Å². The largest absolute Gasteiger partial charge is 0.756 e. The lowest BCUT2D eigenvalue weighted by atomic mass is 10.0. The van der Waals surface area contributed by atoms with Crippen molar-refractivity contribution < 1.29 is 33.9 Å². The molecule has 0 saturated heterocycles. The molecule has 0 aliphatic rings. The first-order chi connectivity index (χ1) is 7.69. The Kier molecular flexibility index (Phi) is 6.29. The van der Waals surface area contributed by atoms with Crippen molar-refractivity contribution in [2.45, 2.75) is 25.2 Å². The number of hydrogen-bond donors (Lipinski definition) is 3. The zero-order chi connectivity index (χ0) is 13.6. The average molecular weight is 268 g/mol. The smallest absolute Gasteiger partial charge is 0.265 e. The van der Waals surface area contributed by atoms with Gasteiger partial charge in [0.2, 0.25) is 0 Å². The van der Waals surface area contributed by atoms with Crippen LogP contribution < -0.4 is 4.89 Å². The third kappa shape index (κ3) is 6.35. The lowest BCUT2D eigenvalue weighted by Gasteiger charge is -2.21. The first kappa shape index (κ1) is 16.0. The first-order valence-electron chi connectivity index (χ1n) is 4.30. The third-order valence-electron chi connectivity index (χ3n) is 1.75. The fourth-order valence-electron chi connectivity index (χ4n) is 0.835. The molecule has 0 amide bonds. The van der Waals surface area contributed by atoms with Gasteiger partial charge in [-0.1, -0.05) is 12.0 Å². The van der Waals surface area contributed by atoms with Gasteiger partial charge in [0.05, 0.1) is 12.1 Å². The number of aliphatic hydroxyl groups excluding tert-OH is 2. The van der Waals surface area contributed by atoms with Gasteiger partial charge in [-0.2, -0.15) is 0 Å². The number of azide groups is 1. The highest BCUT2D eigenvalue weighted by Gasteiger charge is 2.28. The van der Waals surface area contributed by atoms with Gasteiger partial charge in [0.1, 0.15) is 12.7 Å². The number of rotatable bonds is 7. The fraction of sp³-hybridized carbons (Fsp3) is 0.833. The molecule has 0 rings (SSSR count). The first-order valence-corrected chi connectivity index (χ1v) is 5.80. The Morgan fingerprint density at radius 1 is 1.65 bits per heavy atom. The van der Waals surface area contributed by atoms with Crippen LogP contribution in [0.1, 0.15) is 6.92 Å². The Balaban J connectivity index is 4.39. The maximum absolute atomic E-state index is 11.1. The molecule has 0 fully saturated rings. The number of carbonyl (C=O) groups is 1. The van der Waals surface area contributed by atoms with E-state index in [-0.39, 0.29) is 0 Å². The zero-order valence-electron chi connectivity index (χ0n) is 8.70. The number of hydrogen-bond acceptors (Lipinski definition) is 7. The van der Waals surface area contributed by atoms with Gasteiger partial charge in [-0.25, -0.2) is 0 Å². The molecule has 0 aromatic heterocycles. The van der Waals surface area contributed by atoms with Crippen LogP contribution in [0.3, 0.4) is 0 Å². The van der Waals surface area contributed by atoms with Crippen LogP contribution in [0.15, 0.2) is 5.11 Å². The second-order valence-corrected chi connectivity index (χ2v) is 4.28. The Hall–Kier alpha value is -0.990. The summed E-state index contributed by atoms with van der Waals surface area (Å²) in [5.74, 6) is -1.18. The number of phosphoric ester groups is 1. The summed E-state index contributed by atoms with van der Waals surface area (Å²) < 4.78 is 13.9. The molecular weight excluding hydrogens is 257 g/mol. The van der Waals surface area contributed by atoms with E-state index in [1.54, 1.807) is 0 Å². The molecule has 1 unspecified atom stereocenters. The highest BCUT2D eigenvalue weighted by Crippen LogP contribution is 2.29. The zero-order valence-corrected chi connectivity index (χ0v) is 9.60. The molecular formula is C6H11N3O7P-. The molecule has 0 heterocycles. The normalized spacial score (nSPS) is 19.6. The summed E-state index contributed by atoms with van der Waals surface area (Å²) in [7, 11) is -5.07. The van der Waals surface area contributed by atoms with E-state index in [1.807, 2.05) is 0 Å². The summed E-state index contributed by atoms with van der Waals surface area (Å²) in [6, 6.07) is -1.09. The number of phosphoric acid groups is 1. The predicted octanol–water partition coefficient (Wildman–Crippen LogP) is -1.55. The third-order valence-corrected chi connectivity index (χ3v) is 2.21. The Bertz CT molecular complexity index is 363. The van der Waals surface area contributed by atoms with Gasteiger partial charge < -0.3 is 24.5 Å². The van der Waals surface area contributed by atoms with Gasteiger partial charge in [-0.05, 0) is 5.53 Å². The molecule has 0 aliphatic heterocycles. The van der Waals surface area contributed by atoms with E-state index < -0.39 is 38.5 Å². The molecule has 0 aromatic rings. The molecule has 0 aliphatic carbocycles. The molecule has 0 radical (unpaired) electrons. The Morgan fingerprint density at radius 2 is 2.18 bits per heavy atom. The van der Waals surface area contributed by atoms with E-state index in [0.717, 1.165) is 0 Å². The molecule has 0 bridgehead atoms. The predicted molar refractivity (Wildman–Crippen MR) is 51.4 cm³/mol. The molecule has 10 nitrogen and oxygen atoms in total. The quantitative estimate of drug-likeness (QED) is 0.216. The van der Waals surface area contributed by atoms with Crippen molar-refractivity contribution >= 4 is 13.6 Å². The minimum absolute atomic E-state index is 1.09. The summed E-state index contributed by atoms with van der Waals surface area (Å²) in [5.41, 5.74) is 8.06. The van der Waals surface area contributed by atoms with Crippen LogP contribution in [0, 0.1) is 0 Å². The van der Waals surface area contributed by atoms with Crippen molar-refractivity contribution in [3.05, 3.63) is 10.4 Å². The molecule has 4 atom stereocenters. The van der Waals surface area contributed by atoms with Gasteiger partial charge in [0, 0.05) is 4.91 Å². The van der Waals surface area contributed by atoms with Gasteiger partial charge >= 0.3 is 0 Å². The van der Waals surface area contributed by atoms with Crippen molar-refractivity contribution in [1.82, 2.24) is 0 Å². The molecule has 11 heteroatoms. The number of ketones is 1. The summed E-state index contributed by atoms with van der Waals surface area (Å²) >= 11 is 0. The van der Waals surface area contributed by atoms with Crippen molar-refractivity contribution in [1.29, 1.82) is 0 Å². The Morgan fingerprint density at radius 3 is 2.59 bits per heavy atom. The van der Waals surface area contributed by atoms with Crippen molar-refractivity contribution in [3.8, 4) is 0 Å². The average Bonchev–Trinajstić information content (AvgIpc) is 2.23. The second kappa shape index (κ2) is 6.67. The van der Waals surface area contributed by atoms with Crippen molar-refractivity contribution in [2.24, 2.45) is 5.11 Å². The topological polar surface area (TPSA) is 176 Å². The van der Waals surface area contributed by atoms with Crippen LogP contribution >= 0.6 is 7.82 Å². The SMILES string of the molecule is C[C@H](N=[N+]=[N-])[C@@H](O)[C@H](O)C(=O)COP(=O)([O-])O. The molecule has 17 heavy (non-hydrogen) atoms. The van der Waals surface area contributed by atoms with Crippen molar-refractivity contribution in [3.63, 3.8) is 0 Å². The van der Waals surface area contributed by atoms with Gasteiger partial charge in [-0.3, -0.25) is 9.36 Å². The standard InChI is InChI=1S/C6H12N3O7P/c1-3(8-9-7)5(11)6(12)4(10)2-16-17(13,14)15/h3,5-6,11-12H,2H2,1H3,(H2,13,14,15)/p-1/t3-,5+,6+/m0/s1. The highest BCUT2D eigenvalue weighted by molar-refractivity contribution is 7.44. The Labute approximate surface area is 95.7 Å². The maximum Gasteiger partial charge on any atom is 0.265 e. The van der Waals surface area contributed by atoms with Crippen LogP contribution in [0.2, 0.25) is 0 Å². The van der Waals surface area contributed by atoms with E-state index in [2.05, 4.69) is 14.5 Å². The number of carbonyl (C=O) groups excluding carboxylic acids is 1. The van der Waals surface area contributed by atoms with E-state index in [9.17, 15) is 24.5 Å². The summed E-state index contributed by atoms with van der Waals surface area (Å²) in [6.07, 6.45) is -3.69.